The predicted octanol–water partition coefficient (Wildman–Crippen LogP) is 4.22. The SMILES string of the molecule is CCC(C)(C)OCC(O)c1ccc(C(C)(C)C)cc1. The van der Waals surface area contributed by atoms with Crippen molar-refractivity contribution in [2.75, 3.05) is 6.61 Å². The summed E-state index contributed by atoms with van der Waals surface area (Å²) in [5, 5.41) is 10.1. The Kier molecular flexibility index (Phi) is 5.17. The van der Waals surface area contributed by atoms with Crippen LogP contribution in [-0.2, 0) is 10.2 Å². The molecule has 0 bridgehead atoms. The van der Waals surface area contributed by atoms with Gasteiger partial charge in [-0.3, -0.25) is 0 Å². The zero-order valence-electron chi connectivity index (χ0n) is 13.2. The second-order valence-corrected chi connectivity index (χ2v) is 6.81. The van der Waals surface area contributed by atoms with Crippen molar-refractivity contribution in [3.8, 4) is 0 Å². The molecule has 1 aromatic carbocycles. The molecule has 0 aliphatic carbocycles. The van der Waals surface area contributed by atoms with Gasteiger partial charge in [0, 0.05) is 0 Å². The first-order valence-corrected chi connectivity index (χ1v) is 7.08. The fourth-order valence-electron chi connectivity index (χ4n) is 1.71. The Labute approximate surface area is 117 Å². The molecule has 0 aromatic heterocycles. The largest absolute Gasteiger partial charge is 0.386 e. The van der Waals surface area contributed by atoms with E-state index >= 15 is 0 Å². The van der Waals surface area contributed by atoms with Gasteiger partial charge in [-0.15, -0.1) is 0 Å². The number of benzene rings is 1. The molecule has 1 aromatic rings. The number of aliphatic hydroxyl groups is 1. The Bertz CT molecular complexity index is 385. The average Bonchev–Trinajstić information content (AvgIpc) is 2.35. The van der Waals surface area contributed by atoms with E-state index in [0.29, 0.717) is 6.61 Å². The van der Waals surface area contributed by atoms with Crippen LogP contribution in [0.5, 0.6) is 0 Å². The van der Waals surface area contributed by atoms with Crippen LogP contribution in [-0.4, -0.2) is 17.3 Å². The molecule has 2 nitrogen and oxygen atoms in total. The summed E-state index contributed by atoms with van der Waals surface area (Å²) >= 11 is 0. The predicted molar refractivity (Wildman–Crippen MR) is 80.4 cm³/mol. The number of hydrogen-bond acceptors (Lipinski definition) is 2. The fraction of sp³-hybridized carbons (Fsp3) is 0.647. The third-order valence-electron chi connectivity index (χ3n) is 3.64. The topological polar surface area (TPSA) is 29.5 Å². The normalized spacial score (nSPS) is 14.5. The van der Waals surface area contributed by atoms with Gasteiger partial charge in [0.25, 0.3) is 0 Å². The molecule has 1 unspecified atom stereocenters. The minimum Gasteiger partial charge on any atom is -0.386 e. The minimum atomic E-state index is -0.556. The molecule has 0 amide bonds. The second kappa shape index (κ2) is 6.06. The Morgan fingerprint density at radius 1 is 1.05 bits per heavy atom. The van der Waals surface area contributed by atoms with Gasteiger partial charge in [0.2, 0.25) is 0 Å². The first-order valence-electron chi connectivity index (χ1n) is 7.08. The Balaban J connectivity index is 2.66. The lowest BCUT2D eigenvalue weighted by Crippen LogP contribution is -2.25. The van der Waals surface area contributed by atoms with E-state index in [-0.39, 0.29) is 11.0 Å². The van der Waals surface area contributed by atoms with Crippen molar-refractivity contribution in [3.63, 3.8) is 0 Å². The van der Waals surface area contributed by atoms with E-state index in [0.717, 1.165) is 12.0 Å². The van der Waals surface area contributed by atoms with Gasteiger partial charge in [-0.25, -0.2) is 0 Å². The first-order chi connectivity index (χ1) is 8.65. The average molecular weight is 264 g/mol. The lowest BCUT2D eigenvalue weighted by atomic mass is 9.86. The molecule has 0 saturated carbocycles. The van der Waals surface area contributed by atoms with Gasteiger partial charge in [0.15, 0.2) is 0 Å². The quantitative estimate of drug-likeness (QED) is 0.862. The monoisotopic (exact) mass is 264 g/mol. The Morgan fingerprint density at radius 3 is 2.00 bits per heavy atom. The smallest absolute Gasteiger partial charge is 0.102 e. The molecule has 0 radical (unpaired) electrons. The highest BCUT2D eigenvalue weighted by molar-refractivity contribution is 5.28. The van der Waals surface area contributed by atoms with Crippen LogP contribution in [0.15, 0.2) is 24.3 Å². The molecule has 0 fully saturated rings. The van der Waals surface area contributed by atoms with Crippen LogP contribution in [0, 0.1) is 0 Å². The van der Waals surface area contributed by atoms with E-state index in [1.54, 1.807) is 0 Å². The molecule has 1 N–H and O–H groups in total. The number of rotatable bonds is 5. The van der Waals surface area contributed by atoms with Crippen LogP contribution in [0.25, 0.3) is 0 Å². The number of ether oxygens (including phenoxy) is 1. The van der Waals surface area contributed by atoms with E-state index in [4.69, 9.17) is 4.74 Å². The zero-order valence-corrected chi connectivity index (χ0v) is 13.2. The van der Waals surface area contributed by atoms with Crippen LogP contribution in [0.2, 0.25) is 0 Å². The van der Waals surface area contributed by atoms with Crippen molar-refractivity contribution in [2.45, 2.75) is 65.1 Å². The van der Waals surface area contributed by atoms with E-state index in [9.17, 15) is 5.11 Å². The number of hydrogen-bond donors (Lipinski definition) is 1. The summed E-state index contributed by atoms with van der Waals surface area (Å²) in [5.41, 5.74) is 2.16. The molecule has 0 heterocycles. The van der Waals surface area contributed by atoms with Crippen LogP contribution in [0.1, 0.15) is 65.2 Å². The Hall–Kier alpha value is -0.860. The van der Waals surface area contributed by atoms with E-state index < -0.39 is 6.10 Å². The van der Waals surface area contributed by atoms with Crippen LogP contribution < -0.4 is 0 Å². The first kappa shape index (κ1) is 16.2. The van der Waals surface area contributed by atoms with Crippen molar-refractivity contribution in [3.05, 3.63) is 35.4 Å². The van der Waals surface area contributed by atoms with Gasteiger partial charge >= 0.3 is 0 Å². The zero-order chi connectivity index (χ0) is 14.7. The highest BCUT2D eigenvalue weighted by atomic mass is 16.5. The molecule has 2 heteroatoms. The lowest BCUT2D eigenvalue weighted by Gasteiger charge is -2.25. The summed E-state index contributed by atoms with van der Waals surface area (Å²) in [6.45, 7) is 13.1. The number of aliphatic hydroxyl groups excluding tert-OH is 1. The van der Waals surface area contributed by atoms with E-state index in [2.05, 4.69) is 39.8 Å². The summed E-state index contributed by atoms with van der Waals surface area (Å²) in [7, 11) is 0. The van der Waals surface area contributed by atoms with Gasteiger partial charge < -0.3 is 9.84 Å². The maximum absolute atomic E-state index is 10.1. The summed E-state index contributed by atoms with van der Waals surface area (Å²) in [4.78, 5) is 0. The molecule has 0 aliphatic rings. The molecule has 1 rings (SSSR count). The van der Waals surface area contributed by atoms with Crippen molar-refractivity contribution >= 4 is 0 Å². The second-order valence-electron chi connectivity index (χ2n) is 6.81. The van der Waals surface area contributed by atoms with E-state index in [1.165, 1.54) is 5.56 Å². The third-order valence-corrected chi connectivity index (χ3v) is 3.64. The van der Waals surface area contributed by atoms with Crippen LogP contribution >= 0.6 is 0 Å². The molecule has 108 valence electrons. The highest BCUT2D eigenvalue weighted by Gasteiger charge is 2.19. The van der Waals surface area contributed by atoms with Gasteiger partial charge in [0.1, 0.15) is 6.10 Å². The molecule has 0 spiro atoms. The van der Waals surface area contributed by atoms with Gasteiger partial charge in [-0.1, -0.05) is 52.0 Å². The summed E-state index contributed by atoms with van der Waals surface area (Å²) in [5.74, 6) is 0. The molecule has 0 saturated heterocycles. The van der Waals surface area contributed by atoms with Crippen molar-refractivity contribution < 1.29 is 9.84 Å². The molecular weight excluding hydrogens is 236 g/mol. The van der Waals surface area contributed by atoms with Gasteiger partial charge in [-0.05, 0) is 36.8 Å². The maximum atomic E-state index is 10.1. The maximum Gasteiger partial charge on any atom is 0.102 e. The lowest BCUT2D eigenvalue weighted by molar-refractivity contribution is -0.0618. The van der Waals surface area contributed by atoms with Crippen molar-refractivity contribution in [1.29, 1.82) is 0 Å². The molecule has 0 aliphatic heterocycles. The molecular formula is C17H28O2. The summed E-state index contributed by atoms with van der Waals surface area (Å²) < 4.78 is 5.74. The van der Waals surface area contributed by atoms with Crippen molar-refractivity contribution in [1.82, 2.24) is 0 Å². The summed E-state index contributed by atoms with van der Waals surface area (Å²) in [6.07, 6.45) is 0.378. The third kappa shape index (κ3) is 4.96. The molecule has 19 heavy (non-hydrogen) atoms. The molecule has 1 atom stereocenters. The van der Waals surface area contributed by atoms with Gasteiger partial charge in [-0.2, -0.15) is 0 Å². The highest BCUT2D eigenvalue weighted by Crippen LogP contribution is 2.25. The minimum absolute atomic E-state index is 0.143. The summed E-state index contributed by atoms with van der Waals surface area (Å²) in [6, 6.07) is 8.16. The van der Waals surface area contributed by atoms with Crippen molar-refractivity contribution in [2.24, 2.45) is 0 Å². The van der Waals surface area contributed by atoms with E-state index in [1.807, 2.05) is 26.0 Å². The van der Waals surface area contributed by atoms with Crippen LogP contribution in [0.3, 0.4) is 0 Å². The standard InChI is InChI=1S/C17H28O2/c1-7-17(5,6)19-12-15(18)13-8-10-14(11-9-13)16(2,3)4/h8-11,15,18H,7,12H2,1-6H3. The van der Waals surface area contributed by atoms with Crippen LogP contribution in [0.4, 0.5) is 0 Å². The Morgan fingerprint density at radius 2 is 1.58 bits per heavy atom. The van der Waals surface area contributed by atoms with Gasteiger partial charge in [0.05, 0.1) is 12.2 Å². The fourth-order valence-corrected chi connectivity index (χ4v) is 1.71.